The molecule has 134 valence electrons. The van der Waals surface area contributed by atoms with Crippen molar-refractivity contribution in [3.63, 3.8) is 0 Å². The van der Waals surface area contributed by atoms with Crippen molar-refractivity contribution in [1.29, 1.82) is 0 Å². The van der Waals surface area contributed by atoms with Crippen molar-refractivity contribution in [2.24, 2.45) is 0 Å². The fourth-order valence-corrected chi connectivity index (χ4v) is 16.7. The summed E-state index contributed by atoms with van der Waals surface area (Å²) in [5.74, 6) is 0. The lowest BCUT2D eigenvalue weighted by Crippen LogP contribution is -2.41. The second kappa shape index (κ2) is 12.0. The van der Waals surface area contributed by atoms with E-state index >= 15 is 0 Å². The molecule has 0 spiro atoms. The average Bonchev–Trinajstić information content (AvgIpc) is 2.39. The Labute approximate surface area is 145 Å². The average molecular weight is 363 g/mol. The molecule has 22 heavy (non-hydrogen) atoms. The number of rotatable bonds is 12. The topological polar surface area (TPSA) is 18.5 Å². The molecule has 0 saturated heterocycles. The van der Waals surface area contributed by atoms with Gasteiger partial charge in [-0.1, -0.05) is 81.6 Å². The highest BCUT2D eigenvalue weighted by molar-refractivity contribution is 6.70. The van der Waals surface area contributed by atoms with Crippen LogP contribution in [-0.2, 0) is 8.23 Å². The van der Waals surface area contributed by atoms with Crippen LogP contribution < -0.4 is 0 Å². The molecule has 0 N–H and O–H groups in total. The molecule has 0 aromatic heterocycles. The molecule has 0 rings (SSSR count). The van der Waals surface area contributed by atoms with E-state index in [9.17, 15) is 0 Å². The fourth-order valence-electron chi connectivity index (χ4n) is 3.25. The van der Waals surface area contributed by atoms with E-state index in [0.29, 0.717) is 22.2 Å². The van der Waals surface area contributed by atoms with Gasteiger partial charge in [0.15, 0.2) is 18.1 Å². The molecule has 0 heterocycles. The molecule has 0 atom stereocenters. The van der Waals surface area contributed by atoms with Gasteiger partial charge in [0, 0.05) is 0 Å². The molecule has 0 aliphatic carbocycles. The first-order chi connectivity index (χ1) is 10.2. The predicted molar refractivity (Wildman–Crippen MR) is 108 cm³/mol. The predicted octanol–water partition coefficient (Wildman–Crippen LogP) is 5.52. The van der Waals surface area contributed by atoms with Gasteiger partial charge in [0.25, 0.3) is 9.28 Å². The molecular formula is C17H42O2Si3. The third kappa shape index (κ3) is 9.01. The van der Waals surface area contributed by atoms with Crippen molar-refractivity contribution < 1.29 is 8.23 Å². The molecular weight excluding hydrogens is 320 g/mol. The number of hydrogen-bond donors (Lipinski definition) is 0. The summed E-state index contributed by atoms with van der Waals surface area (Å²) in [5, 5.41) is 0. The molecule has 0 aromatic carbocycles. The SMILES string of the molecule is CCCCC[SiH](O[SiH](C(C)C)C(C)C)O[SiH](C(C)C)C(C)C. The lowest BCUT2D eigenvalue weighted by Gasteiger charge is -2.33. The van der Waals surface area contributed by atoms with Crippen LogP contribution in [0.25, 0.3) is 0 Å². The van der Waals surface area contributed by atoms with Gasteiger partial charge in [-0.15, -0.1) is 0 Å². The van der Waals surface area contributed by atoms with E-state index in [0.717, 1.165) is 0 Å². The Morgan fingerprint density at radius 3 is 1.27 bits per heavy atom. The van der Waals surface area contributed by atoms with Gasteiger partial charge < -0.3 is 8.23 Å². The second-order valence-corrected chi connectivity index (χ2v) is 18.9. The van der Waals surface area contributed by atoms with E-state index in [1.807, 2.05) is 0 Å². The summed E-state index contributed by atoms with van der Waals surface area (Å²) in [6.07, 6.45) is 3.90. The van der Waals surface area contributed by atoms with Crippen LogP contribution in [0, 0.1) is 0 Å². The monoisotopic (exact) mass is 362 g/mol. The summed E-state index contributed by atoms with van der Waals surface area (Å²) in [4.78, 5) is 0. The number of unbranched alkanes of at least 4 members (excludes halogenated alkanes) is 2. The molecule has 0 aliphatic heterocycles. The molecule has 0 saturated carbocycles. The van der Waals surface area contributed by atoms with Crippen LogP contribution in [0.4, 0.5) is 0 Å². The first kappa shape index (κ1) is 22.6. The Kier molecular flexibility index (Phi) is 12.3. The zero-order chi connectivity index (χ0) is 17.3. The van der Waals surface area contributed by atoms with Gasteiger partial charge >= 0.3 is 0 Å². The van der Waals surface area contributed by atoms with E-state index in [2.05, 4.69) is 62.3 Å². The van der Waals surface area contributed by atoms with Crippen molar-refractivity contribution in [3.05, 3.63) is 0 Å². The maximum absolute atomic E-state index is 6.74. The zero-order valence-electron chi connectivity index (χ0n) is 16.7. The summed E-state index contributed by atoms with van der Waals surface area (Å²) in [7, 11) is -3.79. The minimum atomic E-state index is -1.48. The Bertz CT molecular complexity index is 233. The lowest BCUT2D eigenvalue weighted by molar-refractivity contribution is 0.403. The molecule has 0 aliphatic rings. The van der Waals surface area contributed by atoms with Gasteiger partial charge in [-0.3, -0.25) is 0 Å². The number of hydrogen-bond acceptors (Lipinski definition) is 2. The smallest absolute Gasteiger partial charge is 0.300 e. The fraction of sp³-hybridized carbons (Fsp3) is 1.00. The van der Waals surface area contributed by atoms with Gasteiger partial charge in [0.1, 0.15) is 0 Å². The molecule has 0 bridgehead atoms. The van der Waals surface area contributed by atoms with E-state index in [4.69, 9.17) is 8.23 Å². The first-order valence-corrected chi connectivity index (χ1v) is 14.9. The van der Waals surface area contributed by atoms with Crippen molar-refractivity contribution in [3.8, 4) is 0 Å². The molecule has 0 aromatic rings. The van der Waals surface area contributed by atoms with Gasteiger partial charge in [0.05, 0.1) is 0 Å². The molecule has 2 nitrogen and oxygen atoms in total. The summed E-state index contributed by atoms with van der Waals surface area (Å²) >= 11 is 0. The van der Waals surface area contributed by atoms with Crippen LogP contribution in [0.2, 0.25) is 28.2 Å². The van der Waals surface area contributed by atoms with Crippen molar-refractivity contribution >= 4 is 27.4 Å². The largest absolute Gasteiger partial charge is 0.440 e. The summed E-state index contributed by atoms with van der Waals surface area (Å²) in [5.41, 5.74) is 2.84. The highest BCUT2D eigenvalue weighted by atomic mass is 28.4. The first-order valence-electron chi connectivity index (χ1n) is 9.51. The standard InChI is InChI=1S/C17H42O2Si3/c1-10-11-12-13-20(18-21(14(2)3)15(4)5)19-22(16(6)7)17(8)9/h14-17,20-22H,10-13H2,1-9H3. The lowest BCUT2D eigenvalue weighted by atomic mass is 10.3. The molecule has 5 heteroatoms. The van der Waals surface area contributed by atoms with Gasteiger partial charge in [-0.25, -0.2) is 0 Å². The maximum Gasteiger partial charge on any atom is 0.300 e. The quantitative estimate of drug-likeness (QED) is 0.336. The Morgan fingerprint density at radius 2 is 1.00 bits per heavy atom. The highest BCUT2D eigenvalue weighted by Gasteiger charge is 2.30. The van der Waals surface area contributed by atoms with Crippen LogP contribution in [0.3, 0.4) is 0 Å². The normalized spacial score (nSPS) is 13.1. The minimum Gasteiger partial charge on any atom is -0.440 e. The van der Waals surface area contributed by atoms with Crippen LogP contribution >= 0.6 is 0 Å². The third-order valence-corrected chi connectivity index (χ3v) is 15.4. The Balaban J connectivity index is 4.85. The molecule has 0 fully saturated rings. The molecule has 0 unspecified atom stereocenters. The van der Waals surface area contributed by atoms with E-state index < -0.39 is 27.4 Å². The van der Waals surface area contributed by atoms with Crippen molar-refractivity contribution in [2.45, 2.75) is 110 Å². The van der Waals surface area contributed by atoms with E-state index in [1.165, 1.54) is 25.3 Å². The maximum atomic E-state index is 6.74. The van der Waals surface area contributed by atoms with Crippen LogP contribution in [0.5, 0.6) is 0 Å². The summed E-state index contributed by atoms with van der Waals surface area (Å²) in [6, 6.07) is 1.22. The van der Waals surface area contributed by atoms with E-state index in [-0.39, 0.29) is 0 Å². The Morgan fingerprint density at radius 1 is 0.636 bits per heavy atom. The van der Waals surface area contributed by atoms with Gasteiger partial charge in [0.2, 0.25) is 0 Å². The van der Waals surface area contributed by atoms with Gasteiger partial charge in [-0.05, 0) is 28.2 Å². The van der Waals surface area contributed by atoms with Crippen molar-refractivity contribution in [2.75, 3.05) is 0 Å². The summed E-state index contributed by atoms with van der Waals surface area (Å²) in [6.45, 7) is 21.0. The third-order valence-electron chi connectivity index (χ3n) is 4.29. The zero-order valence-corrected chi connectivity index (χ0v) is 20.2. The Hall–Kier alpha value is 0.571. The highest BCUT2D eigenvalue weighted by Crippen LogP contribution is 2.27. The van der Waals surface area contributed by atoms with Crippen LogP contribution in [0.1, 0.15) is 81.6 Å². The van der Waals surface area contributed by atoms with Crippen LogP contribution in [-0.4, -0.2) is 27.4 Å². The second-order valence-electron chi connectivity index (χ2n) is 8.10. The van der Waals surface area contributed by atoms with Crippen molar-refractivity contribution in [1.82, 2.24) is 0 Å². The van der Waals surface area contributed by atoms with Gasteiger partial charge in [-0.2, -0.15) is 0 Å². The van der Waals surface area contributed by atoms with E-state index in [1.54, 1.807) is 0 Å². The summed E-state index contributed by atoms with van der Waals surface area (Å²) < 4.78 is 13.5. The minimum absolute atomic E-state index is 0.711. The van der Waals surface area contributed by atoms with Crippen LogP contribution in [0.15, 0.2) is 0 Å². The molecule has 0 amide bonds. The molecule has 0 radical (unpaired) electrons.